The number of hydrogen-bond acceptors (Lipinski definition) is 3. The van der Waals surface area contributed by atoms with E-state index >= 15 is 0 Å². The maximum Gasteiger partial charge on any atom is 0.340 e. The van der Waals surface area contributed by atoms with Crippen LogP contribution in [0.2, 0.25) is 10.0 Å². The summed E-state index contributed by atoms with van der Waals surface area (Å²) in [6.07, 6.45) is 0. The maximum absolute atomic E-state index is 13.2. The van der Waals surface area contributed by atoms with Crippen molar-refractivity contribution >= 4 is 35.0 Å². The first-order valence-corrected chi connectivity index (χ1v) is 9.14. The Labute approximate surface area is 171 Å². The number of rotatable bonds is 5. The largest absolute Gasteiger partial charge is 0.454 e. The molecule has 0 fully saturated rings. The number of ketones is 1. The van der Waals surface area contributed by atoms with Crippen molar-refractivity contribution in [2.45, 2.75) is 13.8 Å². The van der Waals surface area contributed by atoms with Crippen LogP contribution in [0.5, 0.6) is 0 Å². The van der Waals surface area contributed by atoms with Gasteiger partial charge in [-0.3, -0.25) is 4.79 Å². The molecule has 2 aromatic carbocycles. The van der Waals surface area contributed by atoms with Gasteiger partial charge in [-0.15, -0.1) is 0 Å². The minimum absolute atomic E-state index is 0.197. The van der Waals surface area contributed by atoms with Crippen molar-refractivity contribution in [3.8, 4) is 5.69 Å². The van der Waals surface area contributed by atoms with E-state index in [1.54, 1.807) is 31.2 Å². The highest BCUT2D eigenvalue weighted by molar-refractivity contribution is 6.36. The number of esters is 1. The van der Waals surface area contributed by atoms with Gasteiger partial charge >= 0.3 is 5.97 Å². The van der Waals surface area contributed by atoms with Gasteiger partial charge in [0.1, 0.15) is 5.82 Å². The van der Waals surface area contributed by atoms with Crippen LogP contribution < -0.4 is 0 Å². The Kier molecular flexibility index (Phi) is 5.87. The molecule has 0 saturated carbocycles. The Balaban J connectivity index is 1.77. The zero-order valence-corrected chi connectivity index (χ0v) is 16.6. The van der Waals surface area contributed by atoms with Crippen LogP contribution in [0, 0.1) is 19.7 Å². The molecule has 0 unspecified atom stereocenters. The topological polar surface area (TPSA) is 48.3 Å². The van der Waals surface area contributed by atoms with E-state index in [9.17, 15) is 14.0 Å². The number of carbonyl (C=O) groups is 2. The number of halogens is 3. The molecule has 3 rings (SSSR count). The second kappa shape index (κ2) is 8.17. The third-order valence-electron chi connectivity index (χ3n) is 4.30. The predicted octanol–water partition coefficient (Wildman–Crippen LogP) is 5.58. The molecule has 0 atom stereocenters. The Morgan fingerprint density at radius 1 is 1.00 bits per heavy atom. The van der Waals surface area contributed by atoms with Crippen LogP contribution in [0.15, 0.2) is 48.5 Å². The fourth-order valence-electron chi connectivity index (χ4n) is 2.96. The molecule has 3 aromatic rings. The van der Waals surface area contributed by atoms with Crippen molar-refractivity contribution in [2.75, 3.05) is 6.61 Å². The minimum atomic E-state index is -0.625. The molecule has 144 valence electrons. The Bertz CT molecular complexity index is 1060. The van der Waals surface area contributed by atoms with E-state index in [-0.39, 0.29) is 16.4 Å². The molecular formula is C21H16Cl2FNO3. The van der Waals surface area contributed by atoms with Crippen molar-refractivity contribution in [3.05, 3.63) is 86.9 Å². The summed E-state index contributed by atoms with van der Waals surface area (Å²) in [6.45, 7) is 3.14. The standard InChI is InChI=1S/C21H16Cl2FNO3/c1-12-9-18(13(2)25(12)16-6-4-15(24)5-7-16)21(27)28-11-20(26)17-8-3-14(22)10-19(17)23/h3-10H,11H2,1-2H3. The van der Waals surface area contributed by atoms with E-state index in [0.717, 1.165) is 11.4 Å². The first-order chi connectivity index (χ1) is 13.3. The van der Waals surface area contributed by atoms with Gasteiger partial charge in [0.2, 0.25) is 5.78 Å². The highest BCUT2D eigenvalue weighted by Gasteiger charge is 2.20. The van der Waals surface area contributed by atoms with E-state index in [2.05, 4.69) is 0 Å². The van der Waals surface area contributed by atoms with E-state index in [0.29, 0.717) is 16.3 Å². The monoisotopic (exact) mass is 419 g/mol. The molecule has 7 heteroatoms. The molecule has 1 aromatic heterocycles. The normalized spacial score (nSPS) is 10.8. The summed E-state index contributed by atoms with van der Waals surface area (Å²) >= 11 is 11.8. The van der Waals surface area contributed by atoms with Gasteiger partial charge in [0.15, 0.2) is 6.61 Å². The lowest BCUT2D eigenvalue weighted by Crippen LogP contribution is -2.15. The van der Waals surface area contributed by atoms with E-state index < -0.39 is 18.4 Å². The van der Waals surface area contributed by atoms with Crippen LogP contribution in [0.1, 0.15) is 32.1 Å². The van der Waals surface area contributed by atoms with Gasteiger partial charge in [0.05, 0.1) is 10.6 Å². The molecule has 1 heterocycles. The average molecular weight is 420 g/mol. The van der Waals surface area contributed by atoms with Crippen LogP contribution in [0.3, 0.4) is 0 Å². The molecule has 0 radical (unpaired) electrons. The second-order valence-corrected chi connectivity index (χ2v) is 7.06. The summed E-state index contributed by atoms with van der Waals surface area (Å²) in [6, 6.07) is 12.1. The van der Waals surface area contributed by atoms with Gasteiger partial charge in [0, 0.05) is 27.7 Å². The van der Waals surface area contributed by atoms with Crippen LogP contribution in [0.25, 0.3) is 5.69 Å². The second-order valence-electron chi connectivity index (χ2n) is 6.22. The highest BCUT2D eigenvalue weighted by Crippen LogP contribution is 2.23. The quantitative estimate of drug-likeness (QED) is 0.400. The molecule has 0 aliphatic rings. The fraction of sp³-hybridized carbons (Fsp3) is 0.143. The summed E-state index contributed by atoms with van der Waals surface area (Å²) in [5.41, 5.74) is 2.70. The van der Waals surface area contributed by atoms with Gasteiger partial charge in [0.25, 0.3) is 0 Å². The van der Waals surface area contributed by atoms with Gasteiger partial charge in [-0.05, 0) is 62.4 Å². The number of benzene rings is 2. The molecule has 0 amide bonds. The number of hydrogen-bond donors (Lipinski definition) is 0. The van der Waals surface area contributed by atoms with Crippen molar-refractivity contribution in [1.82, 2.24) is 4.57 Å². The van der Waals surface area contributed by atoms with Gasteiger partial charge in [-0.25, -0.2) is 9.18 Å². The molecule has 28 heavy (non-hydrogen) atoms. The molecule has 0 saturated heterocycles. The lowest BCUT2D eigenvalue weighted by molar-refractivity contribution is 0.0474. The van der Waals surface area contributed by atoms with Gasteiger partial charge in [-0.2, -0.15) is 0 Å². The zero-order chi connectivity index (χ0) is 20.4. The summed E-state index contributed by atoms with van der Waals surface area (Å²) in [5, 5.41) is 0.606. The zero-order valence-electron chi connectivity index (χ0n) is 15.1. The van der Waals surface area contributed by atoms with E-state index in [1.165, 1.54) is 24.3 Å². The summed E-state index contributed by atoms with van der Waals surface area (Å²) < 4.78 is 20.2. The first-order valence-electron chi connectivity index (χ1n) is 8.38. The number of Topliss-reactive ketones (excluding diaryl/α,β-unsaturated/α-hetero) is 1. The molecule has 0 spiro atoms. The Morgan fingerprint density at radius 3 is 2.32 bits per heavy atom. The van der Waals surface area contributed by atoms with E-state index in [1.807, 2.05) is 11.5 Å². The highest BCUT2D eigenvalue weighted by atomic mass is 35.5. The molecule has 0 N–H and O–H groups in total. The van der Waals surface area contributed by atoms with Crippen molar-refractivity contribution in [3.63, 3.8) is 0 Å². The van der Waals surface area contributed by atoms with Gasteiger partial charge in [-0.1, -0.05) is 23.2 Å². The van der Waals surface area contributed by atoms with Crippen molar-refractivity contribution in [1.29, 1.82) is 0 Å². The lowest BCUT2D eigenvalue weighted by atomic mass is 10.1. The van der Waals surface area contributed by atoms with E-state index in [4.69, 9.17) is 27.9 Å². The van der Waals surface area contributed by atoms with Crippen LogP contribution in [-0.2, 0) is 4.74 Å². The molecule has 0 aliphatic carbocycles. The number of carbonyl (C=O) groups excluding carboxylic acids is 2. The van der Waals surface area contributed by atoms with Crippen molar-refractivity contribution in [2.24, 2.45) is 0 Å². The van der Waals surface area contributed by atoms with Crippen LogP contribution in [0.4, 0.5) is 4.39 Å². The summed E-state index contributed by atoms with van der Waals surface area (Å²) in [7, 11) is 0. The number of aromatic nitrogens is 1. The summed E-state index contributed by atoms with van der Waals surface area (Å²) in [5.74, 6) is -1.40. The smallest absolute Gasteiger partial charge is 0.340 e. The predicted molar refractivity (Wildman–Crippen MR) is 106 cm³/mol. The number of aryl methyl sites for hydroxylation is 1. The lowest BCUT2D eigenvalue weighted by Gasteiger charge is -2.10. The SMILES string of the molecule is Cc1cc(C(=O)OCC(=O)c2ccc(Cl)cc2Cl)c(C)n1-c1ccc(F)cc1. The number of ether oxygens (including phenoxy) is 1. The molecule has 0 bridgehead atoms. The molecule has 4 nitrogen and oxygen atoms in total. The van der Waals surface area contributed by atoms with Gasteiger partial charge < -0.3 is 9.30 Å². The fourth-order valence-corrected chi connectivity index (χ4v) is 3.47. The molecular weight excluding hydrogens is 404 g/mol. The average Bonchev–Trinajstić information content (AvgIpc) is 2.95. The minimum Gasteiger partial charge on any atom is -0.454 e. The third kappa shape index (κ3) is 4.11. The Hall–Kier alpha value is -2.63. The number of nitrogens with zero attached hydrogens (tertiary/aromatic N) is 1. The first kappa shape index (κ1) is 20.1. The molecule has 0 aliphatic heterocycles. The summed E-state index contributed by atoms with van der Waals surface area (Å²) in [4.78, 5) is 24.8. The van der Waals surface area contributed by atoms with Crippen molar-refractivity contribution < 1.29 is 18.7 Å². The third-order valence-corrected chi connectivity index (χ3v) is 4.85. The Morgan fingerprint density at radius 2 is 1.68 bits per heavy atom. The maximum atomic E-state index is 13.2. The van der Waals surface area contributed by atoms with Crippen LogP contribution in [-0.4, -0.2) is 22.9 Å². The van der Waals surface area contributed by atoms with Crippen LogP contribution >= 0.6 is 23.2 Å².